The van der Waals surface area contributed by atoms with Crippen molar-refractivity contribution in [1.29, 1.82) is 0 Å². The molecule has 0 fully saturated rings. The molecule has 0 aliphatic heterocycles. The molecule has 0 saturated carbocycles. The highest BCUT2D eigenvalue weighted by molar-refractivity contribution is 5.75. The van der Waals surface area contributed by atoms with Gasteiger partial charge in [0.25, 0.3) is 0 Å². The maximum absolute atomic E-state index is 9.64. The van der Waals surface area contributed by atoms with Gasteiger partial charge >= 0.3 is 11.9 Å². The van der Waals surface area contributed by atoms with Crippen LogP contribution in [-0.4, -0.2) is 22.2 Å². The number of hydrazine groups is 1. The number of nitrogens with two attached hydrogens (primary N) is 2. The summed E-state index contributed by atoms with van der Waals surface area (Å²) in [5.41, 5.74) is 1.17. The van der Waals surface area contributed by atoms with Crippen LogP contribution in [0, 0.1) is 0 Å². The average Bonchev–Trinajstić information content (AvgIpc) is 2.03. The standard InChI is InChI=1S/C4H6O4.C4H8.H4N2/c5-3(6)1-2-4(7)8;1-4(2)3;1-2/h1-2H2,(H,5,6)(H,7,8);1H2,2-3H3;1-2H2. The van der Waals surface area contributed by atoms with Gasteiger partial charge in [-0.25, -0.2) is 0 Å². The van der Waals surface area contributed by atoms with Crippen LogP contribution in [0.1, 0.15) is 26.7 Å². The van der Waals surface area contributed by atoms with Gasteiger partial charge in [0.2, 0.25) is 0 Å². The van der Waals surface area contributed by atoms with Crippen molar-refractivity contribution in [2.45, 2.75) is 26.7 Å². The third kappa shape index (κ3) is 75.4. The van der Waals surface area contributed by atoms with E-state index in [0.29, 0.717) is 0 Å². The first-order valence-corrected chi connectivity index (χ1v) is 3.75. The summed E-state index contributed by atoms with van der Waals surface area (Å²) in [7, 11) is 0. The molecule has 0 unspecified atom stereocenters. The van der Waals surface area contributed by atoms with E-state index in [-0.39, 0.29) is 12.8 Å². The predicted octanol–water partition coefficient (Wildman–Crippen LogP) is 0.337. The Morgan fingerprint density at radius 1 is 1.07 bits per heavy atom. The maximum atomic E-state index is 9.64. The molecular formula is C8H18N2O4. The molecule has 0 amide bonds. The summed E-state index contributed by atoms with van der Waals surface area (Å²) in [6.07, 6.45) is -0.593. The largest absolute Gasteiger partial charge is 0.481 e. The lowest BCUT2D eigenvalue weighted by Crippen LogP contribution is -2.02. The fourth-order valence-corrected chi connectivity index (χ4v) is 0.214. The van der Waals surface area contributed by atoms with Crippen LogP contribution < -0.4 is 11.7 Å². The van der Waals surface area contributed by atoms with Gasteiger partial charge in [-0.15, -0.1) is 6.58 Å². The normalized spacial score (nSPS) is 7.14. The van der Waals surface area contributed by atoms with Gasteiger partial charge in [-0.3, -0.25) is 21.3 Å². The van der Waals surface area contributed by atoms with Gasteiger partial charge in [0.1, 0.15) is 0 Å². The zero-order valence-corrected chi connectivity index (χ0v) is 8.49. The number of carboxylic acid groups (broad SMARTS) is 2. The number of aliphatic carboxylic acids is 2. The summed E-state index contributed by atoms with van der Waals surface area (Å²) in [5.74, 6) is 5.85. The average molecular weight is 206 g/mol. The monoisotopic (exact) mass is 206 g/mol. The van der Waals surface area contributed by atoms with E-state index in [9.17, 15) is 9.59 Å². The Morgan fingerprint density at radius 2 is 1.21 bits per heavy atom. The Labute approximate surface area is 83.2 Å². The Hall–Kier alpha value is -1.40. The Balaban J connectivity index is -0.000000170. The first kappa shape index (κ1) is 18.4. The smallest absolute Gasteiger partial charge is 0.303 e. The van der Waals surface area contributed by atoms with E-state index in [2.05, 4.69) is 18.3 Å². The second-order valence-electron chi connectivity index (χ2n) is 2.49. The zero-order chi connectivity index (χ0) is 12.1. The summed E-state index contributed by atoms with van der Waals surface area (Å²) in [6.45, 7) is 7.50. The van der Waals surface area contributed by atoms with Crippen LogP contribution in [0.4, 0.5) is 0 Å². The molecular weight excluding hydrogens is 188 g/mol. The zero-order valence-electron chi connectivity index (χ0n) is 8.49. The second kappa shape index (κ2) is 14.1. The van der Waals surface area contributed by atoms with Gasteiger partial charge in [-0.1, -0.05) is 5.57 Å². The van der Waals surface area contributed by atoms with Crippen LogP contribution >= 0.6 is 0 Å². The minimum atomic E-state index is -1.08. The van der Waals surface area contributed by atoms with E-state index >= 15 is 0 Å². The van der Waals surface area contributed by atoms with Gasteiger partial charge in [0.15, 0.2) is 0 Å². The second-order valence-corrected chi connectivity index (χ2v) is 2.49. The molecule has 0 atom stereocenters. The summed E-state index contributed by atoms with van der Waals surface area (Å²) < 4.78 is 0. The van der Waals surface area contributed by atoms with E-state index in [4.69, 9.17) is 10.2 Å². The minimum absolute atomic E-state index is 0.296. The van der Waals surface area contributed by atoms with E-state index in [1.165, 1.54) is 5.57 Å². The highest BCUT2D eigenvalue weighted by Gasteiger charge is 2.00. The molecule has 6 heteroatoms. The minimum Gasteiger partial charge on any atom is -0.481 e. The quantitative estimate of drug-likeness (QED) is 0.299. The van der Waals surface area contributed by atoms with Gasteiger partial charge in [-0.2, -0.15) is 0 Å². The third-order valence-electron chi connectivity index (χ3n) is 0.553. The van der Waals surface area contributed by atoms with Crippen molar-refractivity contribution in [3.8, 4) is 0 Å². The molecule has 0 heterocycles. The molecule has 6 N–H and O–H groups in total. The topological polar surface area (TPSA) is 127 Å². The molecule has 0 rings (SSSR count). The van der Waals surface area contributed by atoms with Crippen LogP contribution in [0.15, 0.2) is 12.2 Å². The van der Waals surface area contributed by atoms with E-state index < -0.39 is 11.9 Å². The lowest BCUT2D eigenvalue weighted by atomic mass is 10.3. The molecule has 0 aliphatic carbocycles. The highest BCUT2D eigenvalue weighted by atomic mass is 16.4. The first-order valence-electron chi connectivity index (χ1n) is 3.75. The summed E-state index contributed by atoms with van der Waals surface area (Å²) in [5, 5.41) is 15.8. The Kier molecular flexibility index (Phi) is 18.6. The fraction of sp³-hybridized carbons (Fsp3) is 0.500. The van der Waals surface area contributed by atoms with Crippen molar-refractivity contribution < 1.29 is 19.8 Å². The molecule has 0 aromatic rings. The van der Waals surface area contributed by atoms with Crippen molar-refractivity contribution in [3.05, 3.63) is 12.2 Å². The molecule has 0 aromatic carbocycles. The molecule has 0 spiro atoms. The van der Waals surface area contributed by atoms with Gasteiger partial charge in [0, 0.05) is 0 Å². The molecule has 0 radical (unpaired) electrons. The molecule has 0 aromatic heterocycles. The number of rotatable bonds is 3. The van der Waals surface area contributed by atoms with Crippen molar-refractivity contribution in [3.63, 3.8) is 0 Å². The summed E-state index contributed by atoms with van der Waals surface area (Å²) in [6, 6.07) is 0. The first-order chi connectivity index (χ1) is 6.36. The van der Waals surface area contributed by atoms with Crippen molar-refractivity contribution >= 4 is 11.9 Å². The van der Waals surface area contributed by atoms with Gasteiger partial charge in [0.05, 0.1) is 12.8 Å². The third-order valence-corrected chi connectivity index (χ3v) is 0.553. The lowest BCUT2D eigenvalue weighted by Gasteiger charge is -1.85. The van der Waals surface area contributed by atoms with Crippen molar-refractivity contribution in [2.24, 2.45) is 11.7 Å². The number of hydrogen-bond donors (Lipinski definition) is 4. The molecule has 0 bridgehead atoms. The summed E-state index contributed by atoms with van der Waals surface area (Å²) in [4.78, 5) is 19.3. The van der Waals surface area contributed by atoms with Gasteiger partial charge in [-0.05, 0) is 13.8 Å². The summed E-state index contributed by atoms with van der Waals surface area (Å²) >= 11 is 0. The van der Waals surface area contributed by atoms with Gasteiger partial charge < -0.3 is 10.2 Å². The molecule has 84 valence electrons. The molecule has 6 nitrogen and oxygen atoms in total. The fourth-order valence-electron chi connectivity index (χ4n) is 0.214. The van der Waals surface area contributed by atoms with E-state index in [1.54, 1.807) is 0 Å². The van der Waals surface area contributed by atoms with E-state index in [0.717, 1.165) is 0 Å². The van der Waals surface area contributed by atoms with Crippen molar-refractivity contribution in [2.75, 3.05) is 0 Å². The number of carboxylic acids is 2. The SMILES string of the molecule is C=C(C)C.NN.O=C(O)CCC(=O)O. The number of hydrogen-bond acceptors (Lipinski definition) is 4. The Bertz CT molecular complexity index is 162. The number of carbonyl (C=O) groups is 2. The molecule has 14 heavy (non-hydrogen) atoms. The van der Waals surface area contributed by atoms with Crippen molar-refractivity contribution in [1.82, 2.24) is 0 Å². The van der Waals surface area contributed by atoms with Crippen LogP contribution in [0.3, 0.4) is 0 Å². The van der Waals surface area contributed by atoms with E-state index in [1.807, 2.05) is 13.8 Å². The maximum Gasteiger partial charge on any atom is 0.303 e. The predicted molar refractivity (Wildman–Crippen MR) is 53.4 cm³/mol. The highest BCUT2D eigenvalue weighted by Crippen LogP contribution is 1.86. The molecule has 0 saturated heterocycles. The Morgan fingerprint density at radius 3 is 1.29 bits per heavy atom. The van der Waals surface area contributed by atoms with Crippen LogP contribution in [0.2, 0.25) is 0 Å². The van der Waals surface area contributed by atoms with Crippen LogP contribution in [-0.2, 0) is 9.59 Å². The van der Waals surface area contributed by atoms with Crippen LogP contribution in [0.25, 0.3) is 0 Å². The molecule has 0 aliphatic rings. The lowest BCUT2D eigenvalue weighted by molar-refractivity contribution is -0.143. The van der Waals surface area contributed by atoms with Crippen LogP contribution in [0.5, 0.6) is 0 Å². The number of allylic oxidation sites excluding steroid dienone is 1.